The van der Waals surface area contributed by atoms with Crippen molar-refractivity contribution in [3.8, 4) is 5.75 Å². The second kappa shape index (κ2) is 5.99. The fourth-order valence-electron chi connectivity index (χ4n) is 3.37. The molecule has 5 heteroatoms. The summed E-state index contributed by atoms with van der Waals surface area (Å²) in [4.78, 5) is 23.2. The van der Waals surface area contributed by atoms with Crippen LogP contribution in [0.15, 0.2) is 24.3 Å². The van der Waals surface area contributed by atoms with Crippen LogP contribution in [0.4, 0.5) is 0 Å². The van der Waals surface area contributed by atoms with Crippen LogP contribution < -0.4 is 10.1 Å². The zero-order valence-corrected chi connectivity index (χ0v) is 12.6. The van der Waals surface area contributed by atoms with Crippen molar-refractivity contribution in [2.45, 2.75) is 37.6 Å². The number of benzene rings is 1. The van der Waals surface area contributed by atoms with Gasteiger partial charge in [0.1, 0.15) is 5.75 Å². The predicted octanol–water partition coefficient (Wildman–Crippen LogP) is 2.17. The Morgan fingerprint density at radius 1 is 1.27 bits per heavy atom. The van der Waals surface area contributed by atoms with Crippen molar-refractivity contribution in [3.63, 3.8) is 0 Å². The van der Waals surface area contributed by atoms with Crippen LogP contribution in [-0.4, -0.2) is 30.1 Å². The fraction of sp³-hybridized carbons (Fsp3) is 0.529. The van der Waals surface area contributed by atoms with E-state index in [2.05, 4.69) is 5.32 Å². The van der Waals surface area contributed by atoms with Crippen LogP contribution in [0.1, 0.15) is 37.2 Å². The number of ether oxygens (including phenoxy) is 1. The molecule has 1 aromatic rings. The molecule has 4 atom stereocenters. The summed E-state index contributed by atoms with van der Waals surface area (Å²) in [7, 11) is 1.63. The van der Waals surface area contributed by atoms with Crippen molar-refractivity contribution < 1.29 is 19.4 Å². The number of carboxylic acids is 1. The Morgan fingerprint density at radius 3 is 2.77 bits per heavy atom. The lowest BCUT2D eigenvalue weighted by molar-refractivity contribution is -0.141. The molecule has 22 heavy (non-hydrogen) atoms. The number of hydrogen-bond acceptors (Lipinski definition) is 3. The molecule has 0 aromatic heterocycles. The molecule has 0 spiro atoms. The third-order valence-electron chi connectivity index (χ3n) is 4.78. The minimum atomic E-state index is -0.752. The number of carbonyl (C=O) groups excluding carboxylic acids is 1. The maximum atomic E-state index is 12.3. The molecule has 118 valence electrons. The van der Waals surface area contributed by atoms with Gasteiger partial charge < -0.3 is 15.2 Å². The molecule has 2 aliphatic carbocycles. The van der Waals surface area contributed by atoms with Crippen LogP contribution in [0.2, 0.25) is 0 Å². The number of carbonyl (C=O) groups is 2. The Bertz CT molecular complexity index is 586. The van der Waals surface area contributed by atoms with Gasteiger partial charge in [-0.05, 0) is 49.3 Å². The van der Waals surface area contributed by atoms with Gasteiger partial charge in [-0.2, -0.15) is 0 Å². The standard InChI is InChI=1S/C17H21NO4/c1-22-13-4-2-3-10(8-13)14-9-15(14)16(19)18-12-6-5-11(7-12)17(20)21/h2-4,8,11-12,14-15H,5-7,9H2,1H3,(H,18,19)(H,20,21)/t11-,12+,14?,15?/m0/s1. The zero-order valence-electron chi connectivity index (χ0n) is 12.6. The third kappa shape index (κ3) is 3.08. The Labute approximate surface area is 129 Å². The van der Waals surface area contributed by atoms with E-state index in [0.29, 0.717) is 12.8 Å². The molecule has 2 fully saturated rings. The largest absolute Gasteiger partial charge is 0.497 e. The Balaban J connectivity index is 1.54. The first kappa shape index (κ1) is 14.9. The van der Waals surface area contributed by atoms with Crippen LogP contribution in [0.25, 0.3) is 0 Å². The van der Waals surface area contributed by atoms with Gasteiger partial charge in [0.15, 0.2) is 0 Å². The van der Waals surface area contributed by atoms with Gasteiger partial charge in [-0.1, -0.05) is 12.1 Å². The van der Waals surface area contributed by atoms with Gasteiger partial charge in [-0.25, -0.2) is 0 Å². The fourth-order valence-corrected chi connectivity index (χ4v) is 3.37. The van der Waals surface area contributed by atoms with Crippen molar-refractivity contribution in [1.29, 1.82) is 0 Å². The van der Waals surface area contributed by atoms with Crippen LogP contribution in [0.3, 0.4) is 0 Å². The summed E-state index contributed by atoms with van der Waals surface area (Å²) >= 11 is 0. The van der Waals surface area contributed by atoms with E-state index in [1.807, 2.05) is 24.3 Å². The van der Waals surface area contributed by atoms with E-state index < -0.39 is 5.97 Å². The van der Waals surface area contributed by atoms with Crippen molar-refractivity contribution in [2.24, 2.45) is 11.8 Å². The van der Waals surface area contributed by atoms with E-state index in [1.165, 1.54) is 0 Å². The Kier molecular flexibility index (Phi) is 4.05. The van der Waals surface area contributed by atoms with Crippen molar-refractivity contribution >= 4 is 11.9 Å². The summed E-state index contributed by atoms with van der Waals surface area (Å²) in [5, 5.41) is 12.0. The summed E-state index contributed by atoms with van der Waals surface area (Å²) in [6.45, 7) is 0. The molecule has 0 heterocycles. The molecule has 1 amide bonds. The molecule has 2 N–H and O–H groups in total. The number of carboxylic acid groups (broad SMARTS) is 1. The molecule has 0 saturated heterocycles. The lowest BCUT2D eigenvalue weighted by Crippen LogP contribution is -2.34. The average molecular weight is 303 g/mol. The van der Waals surface area contributed by atoms with Gasteiger partial charge in [-0.15, -0.1) is 0 Å². The lowest BCUT2D eigenvalue weighted by atomic mass is 10.1. The highest BCUT2D eigenvalue weighted by Gasteiger charge is 2.45. The van der Waals surface area contributed by atoms with E-state index in [0.717, 1.165) is 24.2 Å². The van der Waals surface area contributed by atoms with E-state index in [9.17, 15) is 9.59 Å². The molecule has 5 nitrogen and oxygen atoms in total. The Morgan fingerprint density at radius 2 is 2.09 bits per heavy atom. The second-order valence-electron chi connectivity index (χ2n) is 6.28. The number of methoxy groups -OCH3 is 1. The van der Waals surface area contributed by atoms with Crippen LogP contribution in [-0.2, 0) is 9.59 Å². The molecule has 0 radical (unpaired) electrons. The molecule has 0 bridgehead atoms. The number of rotatable bonds is 5. The maximum absolute atomic E-state index is 12.3. The third-order valence-corrected chi connectivity index (χ3v) is 4.78. The summed E-state index contributed by atoms with van der Waals surface area (Å²) in [6.07, 6.45) is 2.83. The first-order chi connectivity index (χ1) is 10.6. The number of hydrogen-bond donors (Lipinski definition) is 2. The van der Waals surface area contributed by atoms with Crippen molar-refractivity contribution in [1.82, 2.24) is 5.32 Å². The predicted molar refractivity (Wildman–Crippen MR) is 80.7 cm³/mol. The quantitative estimate of drug-likeness (QED) is 0.874. The molecule has 3 rings (SSSR count). The minimum Gasteiger partial charge on any atom is -0.497 e. The highest BCUT2D eigenvalue weighted by atomic mass is 16.5. The number of nitrogens with one attached hydrogen (secondary N) is 1. The van der Waals surface area contributed by atoms with Gasteiger partial charge >= 0.3 is 5.97 Å². The first-order valence-electron chi connectivity index (χ1n) is 7.75. The van der Waals surface area contributed by atoms with E-state index in [1.54, 1.807) is 7.11 Å². The highest BCUT2D eigenvalue weighted by molar-refractivity contribution is 5.83. The van der Waals surface area contributed by atoms with Gasteiger partial charge in [0, 0.05) is 12.0 Å². The molecule has 1 aromatic carbocycles. The molecule has 2 saturated carbocycles. The monoisotopic (exact) mass is 303 g/mol. The minimum absolute atomic E-state index is 0.0102. The molecule has 0 aliphatic heterocycles. The van der Waals surface area contributed by atoms with Crippen molar-refractivity contribution in [3.05, 3.63) is 29.8 Å². The van der Waals surface area contributed by atoms with E-state index in [4.69, 9.17) is 9.84 Å². The maximum Gasteiger partial charge on any atom is 0.306 e. The summed E-state index contributed by atoms with van der Waals surface area (Å²) < 4.78 is 5.21. The summed E-state index contributed by atoms with van der Waals surface area (Å²) in [5.41, 5.74) is 1.13. The van der Waals surface area contributed by atoms with Gasteiger partial charge in [0.05, 0.1) is 13.0 Å². The lowest BCUT2D eigenvalue weighted by Gasteiger charge is -2.12. The average Bonchev–Trinajstić information content (AvgIpc) is 3.19. The number of amides is 1. The Hall–Kier alpha value is -2.04. The smallest absolute Gasteiger partial charge is 0.306 e. The summed E-state index contributed by atoms with van der Waals surface area (Å²) in [5.74, 6) is 0.0754. The molecular weight excluding hydrogens is 282 g/mol. The van der Waals surface area contributed by atoms with Crippen molar-refractivity contribution in [2.75, 3.05) is 7.11 Å². The molecule has 2 aliphatic rings. The number of aliphatic carboxylic acids is 1. The second-order valence-corrected chi connectivity index (χ2v) is 6.28. The van der Waals surface area contributed by atoms with Crippen LogP contribution in [0, 0.1) is 11.8 Å². The van der Waals surface area contributed by atoms with Gasteiger partial charge in [-0.3, -0.25) is 9.59 Å². The summed E-state index contributed by atoms with van der Waals surface area (Å²) in [6, 6.07) is 7.85. The molecular formula is C17H21NO4. The zero-order chi connectivity index (χ0) is 15.7. The molecule has 2 unspecified atom stereocenters. The highest BCUT2D eigenvalue weighted by Crippen LogP contribution is 2.48. The topological polar surface area (TPSA) is 75.6 Å². The SMILES string of the molecule is COc1cccc(C2CC2C(=O)N[C@@H]2CC[C@H](C(=O)O)C2)c1. The van der Waals surface area contributed by atoms with E-state index in [-0.39, 0.29) is 29.7 Å². The van der Waals surface area contributed by atoms with Crippen LogP contribution in [0.5, 0.6) is 5.75 Å². The normalized spacial score (nSPS) is 29.9. The van der Waals surface area contributed by atoms with Gasteiger partial charge in [0.2, 0.25) is 5.91 Å². The van der Waals surface area contributed by atoms with Crippen LogP contribution >= 0.6 is 0 Å². The van der Waals surface area contributed by atoms with E-state index >= 15 is 0 Å². The first-order valence-corrected chi connectivity index (χ1v) is 7.75. The van der Waals surface area contributed by atoms with Gasteiger partial charge in [0.25, 0.3) is 0 Å².